The second-order valence-electron chi connectivity index (χ2n) is 17.2. The number of hydrogen-bond acceptors (Lipinski definition) is 13. The molecule has 9 rings (SSSR count). The number of anilines is 1. The van der Waals surface area contributed by atoms with Crippen molar-refractivity contribution in [1.29, 1.82) is 0 Å². The number of rotatable bonds is 13. The van der Waals surface area contributed by atoms with Crippen LogP contribution in [-0.4, -0.2) is 133 Å². The van der Waals surface area contributed by atoms with Gasteiger partial charge in [0.05, 0.1) is 17.5 Å². The first kappa shape index (κ1) is 41.1. The maximum atomic E-state index is 13.2. The topological polar surface area (TPSA) is 214 Å². The number of aryl methyl sites for hydroxylation is 1. The van der Waals surface area contributed by atoms with E-state index in [2.05, 4.69) is 45.4 Å². The minimum Gasteiger partial charge on any atom is -0.484 e. The van der Waals surface area contributed by atoms with E-state index in [9.17, 15) is 28.8 Å². The zero-order chi connectivity index (χ0) is 42.9. The number of benzene rings is 1. The molecule has 4 aliphatic heterocycles. The summed E-state index contributed by atoms with van der Waals surface area (Å²) >= 11 is 0. The van der Waals surface area contributed by atoms with Crippen molar-refractivity contribution < 1.29 is 33.5 Å². The maximum absolute atomic E-state index is 13.2. The molecule has 0 bridgehead atoms. The van der Waals surface area contributed by atoms with E-state index in [0.29, 0.717) is 30.6 Å². The van der Waals surface area contributed by atoms with Crippen LogP contribution < -0.4 is 20.7 Å². The highest BCUT2D eigenvalue weighted by Gasteiger charge is 2.45. The van der Waals surface area contributed by atoms with Crippen molar-refractivity contribution in [2.45, 2.75) is 82.8 Å². The Morgan fingerprint density at radius 2 is 1.66 bits per heavy atom. The Balaban J connectivity index is 0.666. The van der Waals surface area contributed by atoms with Gasteiger partial charge in [-0.25, -0.2) is 19.9 Å². The van der Waals surface area contributed by atoms with Gasteiger partial charge in [0.15, 0.2) is 18.1 Å². The molecule has 1 saturated carbocycles. The molecule has 3 N–H and O–H groups in total. The molecule has 1 aromatic carbocycles. The van der Waals surface area contributed by atoms with Crippen LogP contribution in [0.4, 0.5) is 5.82 Å². The smallest absolute Gasteiger partial charge is 0.270 e. The summed E-state index contributed by atoms with van der Waals surface area (Å²) in [4.78, 5) is 99.2. The van der Waals surface area contributed by atoms with E-state index in [1.54, 1.807) is 18.5 Å². The van der Waals surface area contributed by atoms with Crippen LogP contribution in [0.25, 0.3) is 11.2 Å². The highest BCUT2D eigenvalue weighted by Crippen LogP contribution is 2.35. The summed E-state index contributed by atoms with van der Waals surface area (Å²) in [5.74, 6) is -0.407. The monoisotopic (exact) mass is 845 g/mol. The molecule has 4 fully saturated rings. The average molecular weight is 846 g/mol. The molecule has 62 heavy (non-hydrogen) atoms. The summed E-state index contributed by atoms with van der Waals surface area (Å²) < 4.78 is 7.88. The van der Waals surface area contributed by atoms with Crippen LogP contribution in [0.2, 0.25) is 0 Å². The van der Waals surface area contributed by atoms with Crippen molar-refractivity contribution in [3.8, 4) is 5.75 Å². The van der Waals surface area contributed by atoms with Crippen molar-refractivity contribution >= 4 is 52.4 Å². The molecule has 0 radical (unpaired) electrons. The number of piperidine rings is 3. The number of nitrogens with zero attached hydrogens (tertiary/aromatic N) is 8. The van der Waals surface area contributed by atoms with Crippen molar-refractivity contribution in [2.24, 2.45) is 11.8 Å². The highest BCUT2D eigenvalue weighted by molar-refractivity contribution is 6.23. The van der Waals surface area contributed by atoms with Crippen LogP contribution in [0.3, 0.4) is 0 Å². The maximum Gasteiger partial charge on any atom is 0.270 e. The molecule has 5 aliphatic rings. The number of pyridine rings is 1. The van der Waals surface area contributed by atoms with E-state index >= 15 is 0 Å². The molecule has 324 valence electrons. The van der Waals surface area contributed by atoms with Gasteiger partial charge in [-0.2, -0.15) is 0 Å². The molecule has 1 aliphatic carbocycles. The van der Waals surface area contributed by atoms with E-state index < -0.39 is 29.7 Å². The first-order valence-corrected chi connectivity index (χ1v) is 21.7. The molecule has 7 heterocycles. The van der Waals surface area contributed by atoms with Crippen LogP contribution in [0, 0.1) is 18.8 Å². The lowest BCUT2D eigenvalue weighted by molar-refractivity contribution is -0.136. The zero-order valence-corrected chi connectivity index (χ0v) is 34.8. The van der Waals surface area contributed by atoms with Crippen molar-refractivity contribution in [3.63, 3.8) is 0 Å². The van der Waals surface area contributed by atoms with Gasteiger partial charge in [0.1, 0.15) is 29.3 Å². The number of fused-ring (bicyclic) bond motifs is 2. The van der Waals surface area contributed by atoms with Crippen LogP contribution in [0.1, 0.15) is 101 Å². The molecule has 18 nitrogen and oxygen atoms in total. The van der Waals surface area contributed by atoms with E-state index in [1.807, 2.05) is 30.3 Å². The summed E-state index contributed by atoms with van der Waals surface area (Å²) in [5.41, 5.74) is 3.08. The van der Waals surface area contributed by atoms with Gasteiger partial charge in [-0.15, -0.1) is 0 Å². The SMILES string of the molecule is Cc1cccc(C(=O)NC2CC(n3cnc4c(NCCC5CCN(CC6CCN(C(=O)COc7ccc8c(c7)C(=O)N(C7CCC(=O)NC7=O)C8=O)CC6)CC5)ncnc43)C2)n1. The lowest BCUT2D eigenvalue weighted by Gasteiger charge is -2.37. The lowest BCUT2D eigenvalue weighted by atomic mass is 9.86. The van der Waals surface area contributed by atoms with Crippen molar-refractivity contribution in [1.82, 2.24) is 49.8 Å². The molecular weight excluding hydrogens is 795 g/mol. The Morgan fingerprint density at radius 1 is 0.887 bits per heavy atom. The van der Waals surface area contributed by atoms with Crippen LogP contribution >= 0.6 is 0 Å². The number of imide groups is 2. The summed E-state index contributed by atoms with van der Waals surface area (Å²) in [6.07, 6.45) is 10.3. The number of aromatic nitrogens is 5. The number of nitrogens with one attached hydrogen (secondary N) is 3. The molecule has 18 heteroatoms. The molecule has 0 spiro atoms. The second-order valence-corrected chi connectivity index (χ2v) is 17.2. The third-order valence-electron chi connectivity index (χ3n) is 13.1. The zero-order valence-electron chi connectivity index (χ0n) is 34.8. The van der Waals surface area contributed by atoms with Gasteiger partial charge in [0.25, 0.3) is 23.6 Å². The van der Waals surface area contributed by atoms with E-state index in [0.717, 1.165) is 98.7 Å². The normalized spacial score (nSPS) is 22.4. The Labute approximate surface area is 358 Å². The Kier molecular flexibility index (Phi) is 11.7. The van der Waals surface area contributed by atoms with Crippen molar-refractivity contribution in [3.05, 3.63) is 71.6 Å². The average Bonchev–Trinajstić information content (AvgIpc) is 3.79. The minimum atomic E-state index is -1.04. The number of likely N-dealkylation sites (tertiary alicyclic amines) is 2. The molecule has 3 aromatic heterocycles. The molecule has 1 atom stereocenters. The molecule has 6 amide bonds. The minimum absolute atomic E-state index is 0.0451. The fraction of sp³-hybridized carbons (Fsp3) is 0.500. The standard InChI is InChI=1S/C44H51N11O7/c1-26-3-2-4-34(49-26)41(58)50-29-19-30(20-29)54-25-48-38-39(46-24-47-40(38)54)45-14-9-27-10-15-52(16-11-27)22-28-12-17-53(18-13-28)37(57)23-62-31-5-6-32-33(21-31)44(61)55(43(32)60)35-7-8-36(56)51-42(35)59/h2-6,21,24-25,27-30,35H,7-20,22-23H2,1H3,(H,50,58)(H,45,46,47)(H,51,56,59). The molecular formula is C44H51N11O7. The van der Waals surface area contributed by atoms with E-state index in [1.165, 1.54) is 12.1 Å². The number of hydrogen-bond donors (Lipinski definition) is 3. The predicted octanol–water partition coefficient (Wildman–Crippen LogP) is 2.90. The van der Waals surface area contributed by atoms with Crippen molar-refractivity contribution in [2.75, 3.05) is 51.2 Å². The Morgan fingerprint density at radius 3 is 2.44 bits per heavy atom. The summed E-state index contributed by atoms with van der Waals surface area (Å²) in [6.45, 7) is 6.96. The van der Waals surface area contributed by atoms with Gasteiger partial charge < -0.3 is 29.7 Å². The van der Waals surface area contributed by atoms with Gasteiger partial charge >= 0.3 is 0 Å². The first-order valence-electron chi connectivity index (χ1n) is 21.7. The fourth-order valence-electron chi connectivity index (χ4n) is 9.47. The van der Waals surface area contributed by atoms with E-state index in [-0.39, 0.29) is 60.2 Å². The second kappa shape index (κ2) is 17.6. The predicted molar refractivity (Wildman–Crippen MR) is 224 cm³/mol. The fourth-order valence-corrected chi connectivity index (χ4v) is 9.47. The number of amides is 6. The van der Waals surface area contributed by atoms with Crippen LogP contribution in [0.15, 0.2) is 49.1 Å². The third kappa shape index (κ3) is 8.60. The number of imidazole rings is 1. The molecule has 1 unspecified atom stereocenters. The van der Waals surface area contributed by atoms with Gasteiger partial charge in [0.2, 0.25) is 11.8 Å². The molecule has 4 aromatic rings. The number of ether oxygens (including phenoxy) is 1. The highest BCUT2D eigenvalue weighted by atomic mass is 16.5. The lowest BCUT2D eigenvalue weighted by Crippen LogP contribution is -2.54. The van der Waals surface area contributed by atoms with Crippen LogP contribution in [0.5, 0.6) is 5.75 Å². The summed E-state index contributed by atoms with van der Waals surface area (Å²) in [7, 11) is 0. The van der Waals surface area contributed by atoms with E-state index in [4.69, 9.17) is 4.74 Å². The number of carbonyl (C=O) groups is 6. The third-order valence-corrected chi connectivity index (χ3v) is 13.1. The largest absolute Gasteiger partial charge is 0.484 e. The van der Waals surface area contributed by atoms with Gasteiger partial charge in [0, 0.05) is 50.4 Å². The Hall–Kier alpha value is -6.30. The number of carbonyl (C=O) groups excluding carboxylic acids is 6. The summed E-state index contributed by atoms with van der Waals surface area (Å²) in [6, 6.07) is 9.15. The Bertz CT molecular complexity index is 2400. The quantitative estimate of drug-likeness (QED) is 0.165. The van der Waals surface area contributed by atoms with Gasteiger partial charge in [-0.05, 0) is 114 Å². The van der Waals surface area contributed by atoms with Gasteiger partial charge in [-0.1, -0.05) is 6.07 Å². The van der Waals surface area contributed by atoms with Gasteiger partial charge in [-0.3, -0.25) is 39.0 Å². The van der Waals surface area contributed by atoms with Crippen LogP contribution in [-0.2, 0) is 14.4 Å². The molecule has 3 saturated heterocycles. The first-order chi connectivity index (χ1) is 30.1. The summed E-state index contributed by atoms with van der Waals surface area (Å²) in [5, 5.41) is 8.81.